The van der Waals surface area contributed by atoms with Crippen LogP contribution >= 0.6 is 35.3 Å². The molecule has 3 N–H and O–H groups in total. The average Bonchev–Trinajstić information content (AvgIpc) is 3.12. The van der Waals surface area contributed by atoms with Gasteiger partial charge in [-0.05, 0) is 32.6 Å². The highest BCUT2D eigenvalue weighted by atomic mass is 127. The first-order valence-corrected chi connectivity index (χ1v) is 9.85. The van der Waals surface area contributed by atoms with Crippen molar-refractivity contribution in [1.29, 1.82) is 0 Å². The highest BCUT2D eigenvalue weighted by Gasteiger charge is 2.20. The van der Waals surface area contributed by atoms with Crippen molar-refractivity contribution < 1.29 is 5.11 Å². The van der Waals surface area contributed by atoms with Crippen molar-refractivity contribution in [2.24, 2.45) is 4.99 Å². The van der Waals surface area contributed by atoms with Crippen LogP contribution in [-0.4, -0.2) is 34.7 Å². The van der Waals surface area contributed by atoms with Crippen molar-refractivity contribution in [2.45, 2.75) is 51.3 Å². The molecule has 1 saturated carbocycles. The zero-order valence-corrected chi connectivity index (χ0v) is 18.2. The van der Waals surface area contributed by atoms with Gasteiger partial charge in [-0.2, -0.15) is 0 Å². The first kappa shape index (κ1) is 21.1. The molecule has 5 nitrogen and oxygen atoms in total. The van der Waals surface area contributed by atoms with Crippen LogP contribution in [0.15, 0.2) is 40.7 Å². The summed E-state index contributed by atoms with van der Waals surface area (Å²) in [7, 11) is 0. The number of nitrogens with one attached hydrogen (secondary N) is 2. The molecule has 142 valence electrons. The van der Waals surface area contributed by atoms with Crippen molar-refractivity contribution >= 4 is 41.3 Å². The Hall–Kier alpha value is -1.19. The molecule has 0 aliphatic heterocycles. The molecule has 1 aromatic carbocycles. The van der Waals surface area contributed by atoms with E-state index in [1.54, 1.807) is 11.3 Å². The number of benzene rings is 1. The standard InChI is InChI=1S/C19H26N4OS.HI/c1-2-20-19(23-15-8-10-17(24)11-9-15)21-12-16-13-25-18(22-16)14-6-4-3-5-7-14;/h3-7,13,15,17,24H,2,8-12H2,1H3,(H2,20,21,23);1H. The lowest BCUT2D eigenvalue weighted by molar-refractivity contribution is 0.120. The maximum Gasteiger partial charge on any atom is 0.191 e. The number of aromatic nitrogens is 1. The van der Waals surface area contributed by atoms with Gasteiger partial charge in [-0.25, -0.2) is 9.98 Å². The molecular weight excluding hydrogens is 459 g/mol. The minimum absolute atomic E-state index is 0. The fraction of sp³-hybridized carbons (Fsp3) is 0.474. The normalized spacial score (nSPS) is 20.3. The predicted molar refractivity (Wildman–Crippen MR) is 119 cm³/mol. The zero-order chi connectivity index (χ0) is 17.5. The Kier molecular flexibility index (Phi) is 8.80. The van der Waals surface area contributed by atoms with Crippen molar-refractivity contribution in [1.82, 2.24) is 15.6 Å². The van der Waals surface area contributed by atoms with Crippen molar-refractivity contribution in [3.63, 3.8) is 0 Å². The second-order valence-corrected chi connectivity index (χ2v) is 7.21. The van der Waals surface area contributed by atoms with Gasteiger partial charge in [0.1, 0.15) is 5.01 Å². The molecule has 2 aromatic rings. The Labute approximate surface area is 176 Å². The summed E-state index contributed by atoms with van der Waals surface area (Å²) in [5.74, 6) is 0.832. The number of hydrogen-bond donors (Lipinski definition) is 3. The molecule has 1 fully saturated rings. The summed E-state index contributed by atoms with van der Waals surface area (Å²) in [6.07, 6.45) is 3.57. The van der Waals surface area contributed by atoms with Crippen LogP contribution in [0, 0.1) is 0 Å². The fourth-order valence-electron chi connectivity index (χ4n) is 2.99. The van der Waals surface area contributed by atoms with Gasteiger partial charge >= 0.3 is 0 Å². The molecule has 1 aliphatic rings. The predicted octanol–water partition coefficient (Wildman–Crippen LogP) is 3.79. The Morgan fingerprint density at radius 1 is 1.23 bits per heavy atom. The third-order valence-corrected chi connectivity index (χ3v) is 5.29. The number of halogens is 1. The molecule has 0 atom stereocenters. The molecule has 3 rings (SSSR count). The van der Waals surface area contributed by atoms with Crippen molar-refractivity contribution in [2.75, 3.05) is 6.54 Å². The smallest absolute Gasteiger partial charge is 0.191 e. The topological polar surface area (TPSA) is 69.5 Å². The summed E-state index contributed by atoms with van der Waals surface area (Å²) in [6, 6.07) is 10.6. The number of thiazole rings is 1. The summed E-state index contributed by atoms with van der Waals surface area (Å²) in [5.41, 5.74) is 2.13. The third kappa shape index (κ3) is 6.21. The highest BCUT2D eigenvalue weighted by molar-refractivity contribution is 14.0. The quantitative estimate of drug-likeness (QED) is 0.342. The number of aliphatic hydroxyl groups excluding tert-OH is 1. The number of rotatable bonds is 5. The van der Waals surface area contributed by atoms with Gasteiger partial charge in [0.2, 0.25) is 0 Å². The minimum Gasteiger partial charge on any atom is -0.393 e. The van der Waals surface area contributed by atoms with Gasteiger partial charge in [0, 0.05) is 23.5 Å². The van der Waals surface area contributed by atoms with E-state index in [1.807, 2.05) is 18.2 Å². The maximum absolute atomic E-state index is 9.63. The van der Waals surface area contributed by atoms with Crippen molar-refractivity contribution in [3.8, 4) is 10.6 Å². The maximum atomic E-state index is 9.63. The van der Waals surface area contributed by atoms with E-state index in [0.717, 1.165) is 54.5 Å². The number of aliphatic imine (C=N–C) groups is 1. The van der Waals surface area contributed by atoms with Crippen LogP contribution in [0.1, 0.15) is 38.3 Å². The summed E-state index contributed by atoms with van der Waals surface area (Å²) in [5, 5.41) is 19.5. The highest BCUT2D eigenvalue weighted by Crippen LogP contribution is 2.23. The summed E-state index contributed by atoms with van der Waals surface area (Å²) in [6.45, 7) is 3.46. The van der Waals surface area contributed by atoms with Gasteiger partial charge in [0.25, 0.3) is 0 Å². The molecular formula is C19H27IN4OS. The van der Waals surface area contributed by atoms with Gasteiger partial charge < -0.3 is 15.7 Å². The average molecular weight is 486 g/mol. The Morgan fingerprint density at radius 3 is 2.65 bits per heavy atom. The van der Waals surface area contributed by atoms with E-state index < -0.39 is 0 Å². The first-order valence-electron chi connectivity index (χ1n) is 8.97. The number of guanidine groups is 1. The Balaban J connectivity index is 0.00000243. The Morgan fingerprint density at radius 2 is 1.96 bits per heavy atom. The molecule has 0 spiro atoms. The second kappa shape index (κ2) is 10.8. The summed E-state index contributed by atoms with van der Waals surface area (Å²) >= 11 is 1.65. The van der Waals surface area contributed by atoms with Crippen LogP contribution < -0.4 is 10.6 Å². The van der Waals surface area contributed by atoms with E-state index in [2.05, 4.69) is 40.1 Å². The van der Waals surface area contributed by atoms with Gasteiger partial charge in [-0.15, -0.1) is 35.3 Å². The SMILES string of the molecule is CCNC(=NCc1csc(-c2ccccc2)n1)NC1CCC(O)CC1.I. The molecule has 1 aliphatic carbocycles. The van der Waals surface area contributed by atoms with Crippen LogP contribution in [0.3, 0.4) is 0 Å². The van der Waals surface area contributed by atoms with E-state index in [0.29, 0.717) is 12.6 Å². The Bertz CT molecular complexity index is 684. The number of aliphatic hydroxyl groups is 1. The lowest BCUT2D eigenvalue weighted by Gasteiger charge is -2.27. The lowest BCUT2D eigenvalue weighted by atomic mass is 9.93. The fourth-order valence-corrected chi connectivity index (χ4v) is 3.80. The van der Waals surface area contributed by atoms with E-state index in [1.165, 1.54) is 0 Å². The van der Waals surface area contributed by atoms with Crippen LogP contribution in [0.2, 0.25) is 0 Å². The molecule has 1 heterocycles. The molecule has 0 unspecified atom stereocenters. The van der Waals surface area contributed by atoms with Crippen LogP contribution in [0.25, 0.3) is 10.6 Å². The molecule has 26 heavy (non-hydrogen) atoms. The minimum atomic E-state index is -0.135. The van der Waals surface area contributed by atoms with Gasteiger partial charge in [0.15, 0.2) is 5.96 Å². The van der Waals surface area contributed by atoms with Gasteiger partial charge in [-0.1, -0.05) is 30.3 Å². The molecule has 0 saturated heterocycles. The number of nitrogens with zero attached hydrogens (tertiary/aromatic N) is 2. The largest absolute Gasteiger partial charge is 0.393 e. The van der Waals surface area contributed by atoms with E-state index >= 15 is 0 Å². The zero-order valence-electron chi connectivity index (χ0n) is 15.0. The van der Waals surface area contributed by atoms with Crippen LogP contribution in [-0.2, 0) is 6.54 Å². The molecule has 1 aromatic heterocycles. The molecule has 7 heteroatoms. The monoisotopic (exact) mass is 486 g/mol. The van der Waals surface area contributed by atoms with Crippen molar-refractivity contribution in [3.05, 3.63) is 41.4 Å². The summed E-state index contributed by atoms with van der Waals surface area (Å²) in [4.78, 5) is 9.37. The van der Waals surface area contributed by atoms with E-state index in [9.17, 15) is 5.11 Å². The molecule has 0 bridgehead atoms. The van der Waals surface area contributed by atoms with E-state index in [-0.39, 0.29) is 30.1 Å². The molecule has 0 radical (unpaired) electrons. The third-order valence-electron chi connectivity index (χ3n) is 4.35. The van der Waals surface area contributed by atoms with E-state index in [4.69, 9.17) is 4.98 Å². The van der Waals surface area contributed by atoms with Gasteiger partial charge in [-0.3, -0.25) is 0 Å². The second-order valence-electron chi connectivity index (χ2n) is 6.35. The molecule has 0 amide bonds. The lowest BCUT2D eigenvalue weighted by Crippen LogP contribution is -2.45. The first-order chi connectivity index (χ1) is 12.2. The summed E-state index contributed by atoms with van der Waals surface area (Å²) < 4.78 is 0. The van der Waals surface area contributed by atoms with Gasteiger partial charge in [0.05, 0.1) is 18.3 Å². The number of hydrogen-bond acceptors (Lipinski definition) is 4. The van der Waals surface area contributed by atoms with Crippen LogP contribution in [0.4, 0.5) is 0 Å². The van der Waals surface area contributed by atoms with Crippen LogP contribution in [0.5, 0.6) is 0 Å².